The van der Waals surface area contributed by atoms with Crippen LogP contribution in [0.4, 0.5) is 0 Å². The highest BCUT2D eigenvalue weighted by Gasteiger charge is 2.21. The van der Waals surface area contributed by atoms with Crippen molar-refractivity contribution in [3.8, 4) is 0 Å². The molecule has 13 heavy (non-hydrogen) atoms. The van der Waals surface area contributed by atoms with E-state index in [1.54, 1.807) is 0 Å². The minimum Gasteiger partial charge on any atom is -0.126 e. The molecule has 0 saturated heterocycles. The molecule has 0 aliphatic carbocycles. The van der Waals surface area contributed by atoms with Crippen LogP contribution < -0.4 is 0 Å². The Morgan fingerprint density at radius 2 is 2.15 bits per heavy atom. The van der Waals surface area contributed by atoms with Gasteiger partial charge in [-0.3, -0.25) is 0 Å². The van der Waals surface area contributed by atoms with Crippen LogP contribution in [-0.4, -0.2) is 5.75 Å². The lowest BCUT2D eigenvalue weighted by Gasteiger charge is -2.21. The second-order valence-electron chi connectivity index (χ2n) is 2.90. The summed E-state index contributed by atoms with van der Waals surface area (Å²) >= 11 is 16.4. The van der Waals surface area contributed by atoms with E-state index in [9.17, 15) is 0 Å². The first-order chi connectivity index (χ1) is 6.18. The van der Waals surface area contributed by atoms with Gasteiger partial charge in [-0.1, -0.05) is 45.8 Å². The molecule has 4 heteroatoms. The predicted molar refractivity (Wildman–Crippen MR) is 68.6 cm³/mol. The summed E-state index contributed by atoms with van der Waals surface area (Å²) in [6.07, 6.45) is 1.19. The fourth-order valence-electron chi connectivity index (χ4n) is 1.40. The number of halogens is 3. The van der Waals surface area contributed by atoms with Crippen LogP contribution in [0, 0.1) is 0 Å². The third kappa shape index (κ3) is 2.11. The molecule has 1 aliphatic heterocycles. The maximum absolute atomic E-state index is 6.14. The fraction of sp³-hybridized carbons (Fsp3) is 0.333. The molecule has 0 radical (unpaired) electrons. The van der Waals surface area contributed by atoms with E-state index in [4.69, 9.17) is 23.2 Å². The van der Waals surface area contributed by atoms with Crippen molar-refractivity contribution in [2.75, 3.05) is 5.75 Å². The van der Waals surface area contributed by atoms with Gasteiger partial charge in [-0.25, -0.2) is 0 Å². The van der Waals surface area contributed by atoms with Gasteiger partial charge < -0.3 is 0 Å². The second kappa shape index (κ2) is 4.17. The van der Waals surface area contributed by atoms with Crippen molar-refractivity contribution in [2.24, 2.45) is 0 Å². The summed E-state index contributed by atoms with van der Waals surface area (Å²) in [4.78, 5) is 1.25. The Hall–Kier alpha value is 0.880. The Kier molecular flexibility index (Phi) is 3.34. The number of alkyl halides is 1. The first kappa shape index (κ1) is 10.4. The summed E-state index contributed by atoms with van der Waals surface area (Å²) < 4.78 is 0.540. The van der Waals surface area contributed by atoms with Crippen molar-refractivity contribution in [3.63, 3.8) is 0 Å². The summed E-state index contributed by atoms with van der Waals surface area (Å²) in [6.45, 7) is 0. The number of benzene rings is 1. The van der Waals surface area contributed by atoms with Crippen LogP contribution in [0.15, 0.2) is 17.0 Å². The molecule has 0 spiro atoms. The number of rotatable bonds is 0. The Labute approximate surface area is 106 Å². The van der Waals surface area contributed by atoms with Crippen molar-refractivity contribution in [1.29, 1.82) is 0 Å². The molecule has 0 bridgehead atoms. The third-order valence-electron chi connectivity index (χ3n) is 2.00. The highest BCUT2D eigenvalue weighted by atomic mass is 127. The zero-order chi connectivity index (χ0) is 9.42. The van der Waals surface area contributed by atoms with Crippen LogP contribution in [0.3, 0.4) is 0 Å². The van der Waals surface area contributed by atoms with E-state index in [1.807, 2.05) is 23.9 Å². The van der Waals surface area contributed by atoms with E-state index in [0.29, 0.717) is 3.92 Å². The van der Waals surface area contributed by atoms with Gasteiger partial charge >= 0.3 is 0 Å². The highest BCUT2D eigenvalue weighted by molar-refractivity contribution is 14.1. The number of thioether (sulfide) groups is 1. The predicted octanol–water partition coefficient (Wildman–Crippen LogP) is 4.97. The zero-order valence-corrected chi connectivity index (χ0v) is 11.2. The van der Waals surface area contributed by atoms with Crippen molar-refractivity contribution < 1.29 is 0 Å². The molecular formula is C9H7Cl2IS. The first-order valence-corrected chi connectivity index (χ1v) is 6.93. The van der Waals surface area contributed by atoms with Crippen LogP contribution in [0.1, 0.15) is 15.9 Å². The van der Waals surface area contributed by atoms with Gasteiger partial charge in [0.15, 0.2) is 0 Å². The quantitative estimate of drug-likeness (QED) is 0.473. The molecule has 0 aromatic heterocycles. The molecule has 0 nitrogen and oxygen atoms in total. The molecule has 0 fully saturated rings. The van der Waals surface area contributed by atoms with Crippen LogP contribution in [0.2, 0.25) is 10.0 Å². The maximum Gasteiger partial charge on any atom is 0.0474 e. The Morgan fingerprint density at radius 1 is 1.38 bits per heavy atom. The second-order valence-corrected chi connectivity index (χ2v) is 6.39. The Morgan fingerprint density at radius 3 is 2.92 bits per heavy atom. The van der Waals surface area contributed by atoms with E-state index in [1.165, 1.54) is 16.9 Å². The minimum atomic E-state index is 0.540. The van der Waals surface area contributed by atoms with Crippen LogP contribution in [-0.2, 0) is 0 Å². The molecule has 1 aromatic carbocycles. The molecule has 0 saturated carbocycles. The molecule has 0 amide bonds. The third-order valence-corrected chi connectivity index (χ3v) is 4.86. The summed E-state index contributed by atoms with van der Waals surface area (Å²) in [5.41, 5.74) is 1.27. The molecule has 1 unspecified atom stereocenters. The maximum atomic E-state index is 6.14. The van der Waals surface area contributed by atoms with E-state index >= 15 is 0 Å². The molecule has 1 aromatic rings. The number of hydrogen-bond acceptors (Lipinski definition) is 1. The highest BCUT2D eigenvalue weighted by Crippen LogP contribution is 2.45. The van der Waals surface area contributed by atoms with E-state index < -0.39 is 0 Å². The standard InChI is InChI=1S/C9H7Cl2IS/c10-5-3-6(11)9-7(12)1-2-13-8(9)4-5/h3-4,7H,1-2H2. The molecule has 1 atom stereocenters. The van der Waals surface area contributed by atoms with Crippen LogP contribution in [0.25, 0.3) is 0 Å². The van der Waals surface area contributed by atoms with Crippen molar-refractivity contribution in [1.82, 2.24) is 0 Å². The van der Waals surface area contributed by atoms with Gasteiger partial charge in [0.2, 0.25) is 0 Å². The Balaban J connectivity index is 2.56. The van der Waals surface area contributed by atoms with Gasteiger partial charge in [0.1, 0.15) is 0 Å². The van der Waals surface area contributed by atoms with Crippen molar-refractivity contribution in [3.05, 3.63) is 27.7 Å². The lowest BCUT2D eigenvalue weighted by atomic mass is 10.1. The van der Waals surface area contributed by atoms with Gasteiger partial charge in [0.05, 0.1) is 0 Å². The minimum absolute atomic E-state index is 0.540. The molecule has 70 valence electrons. The largest absolute Gasteiger partial charge is 0.126 e. The summed E-state index contributed by atoms with van der Waals surface area (Å²) in [7, 11) is 0. The summed E-state index contributed by atoms with van der Waals surface area (Å²) in [6, 6.07) is 3.84. The van der Waals surface area contributed by atoms with Crippen molar-refractivity contribution >= 4 is 57.6 Å². The van der Waals surface area contributed by atoms with Crippen molar-refractivity contribution in [2.45, 2.75) is 15.2 Å². The number of hydrogen-bond donors (Lipinski definition) is 0. The van der Waals surface area contributed by atoms with Gasteiger partial charge in [-0.05, 0) is 29.9 Å². The summed E-state index contributed by atoms with van der Waals surface area (Å²) in [5, 5.41) is 1.55. The van der Waals surface area contributed by atoms with E-state index in [2.05, 4.69) is 22.6 Å². The van der Waals surface area contributed by atoms with Gasteiger partial charge in [0, 0.05) is 18.9 Å². The van der Waals surface area contributed by atoms with Gasteiger partial charge in [-0.15, -0.1) is 11.8 Å². The average Bonchev–Trinajstić information content (AvgIpc) is 2.02. The van der Waals surface area contributed by atoms with Crippen LogP contribution >= 0.6 is 57.6 Å². The first-order valence-electron chi connectivity index (χ1n) is 3.94. The molecular weight excluding hydrogens is 338 g/mol. The topological polar surface area (TPSA) is 0 Å². The molecule has 2 rings (SSSR count). The zero-order valence-electron chi connectivity index (χ0n) is 6.69. The number of fused-ring (bicyclic) bond motifs is 1. The fourth-order valence-corrected chi connectivity index (χ4v) is 5.14. The lowest BCUT2D eigenvalue weighted by molar-refractivity contribution is 0.896. The monoisotopic (exact) mass is 344 g/mol. The Bertz CT molecular complexity index is 341. The smallest absolute Gasteiger partial charge is 0.0474 e. The molecule has 0 N–H and O–H groups in total. The van der Waals surface area contributed by atoms with Gasteiger partial charge in [0.25, 0.3) is 0 Å². The molecule has 1 aliphatic rings. The SMILES string of the molecule is Clc1cc(Cl)c2c(c1)SCCC2I. The van der Waals surface area contributed by atoms with Gasteiger partial charge in [-0.2, -0.15) is 0 Å². The van der Waals surface area contributed by atoms with E-state index in [0.717, 1.165) is 15.8 Å². The normalized spacial score (nSPS) is 21.3. The molecule has 1 heterocycles. The van der Waals surface area contributed by atoms with Crippen LogP contribution in [0.5, 0.6) is 0 Å². The average molecular weight is 345 g/mol. The van der Waals surface area contributed by atoms with E-state index in [-0.39, 0.29) is 0 Å². The lowest BCUT2D eigenvalue weighted by Crippen LogP contribution is -2.02. The summed E-state index contributed by atoms with van der Waals surface area (Å²) in [5.74, 6) is 1.16.